The van der Waals surface area contributed by atoms with Gasteiger partial charge in [-0.15, -0.1) is 0 Å². The Bertz CT molecular complexity index is 17.1. The van der Waals surface area contributed by atoms with Crippen LogP contribution in [0.1, 0.15) is 6.92 Å². The Balaban J connectivity index is 2.19. The van der Waals surface area contributed by atoms with E-state index in [9.17, 15) is 0 Å². The predicted molar refractivity (Wildman–Crippen MR) is 23.2 cm³/mol. The van der Waals surface area contributed by atoms with Gasteiger partial charge in [-0.1, -0.05) is 0 Å². The van der Waals surface area contributed by atoms with Crippen LogP contribution in [-0.2, 0) is 2.81 Å². The molecule has 0 bridgehead atoms. The van der Waals surface area contributed by atoms with Gasteiger partial charge in [0.05, 0.1) is 0 Å². The maximum absolute atomic E-state index is 5.26. The zero-order valence-corrected chi connectivity index (χ0v) is 7.17. The second-order valence-electron chi connectivity index (χ2n) is 0.487. The summed E-state index contributed by atoms with van der Waals surface area (Å²) < 4.78 is 4.78. The molecule has 0 heterocycles. The van der Waals surface area contributed by atoms with Gasteiger partial charge in [-0.05, 0) is 0 Å². The molecule has 0 aromatic carbocycles. The summed E-state index contributed by atoms with van der Waals surface area (Å²) in [6, 6.07) is 0. The molecule has 0 amide bonds. The third-order valence-electron chi connectivity index (χ3n) is 0.178. The van der Waals surface area contributed by atoms with Crippen molar-refractivity contribution in [3.63, 3.8) is 0 Å². The van der Waals surface area contributed by atoms with Gasteiger partial charge in [0.15, 0.2) is 0 Å². The van der Waals surface area contributed by atoms with E-state index in [1.54, 1.807) is 0 Å². The molecule has 0 atom stereocenters. The standard InChI is InChI=1S/C2H5O.Bi.ClH/c1-2-3;;/h2H2,1H3;;1H/q-1;+2;/p-1. The first-order chi connectivity index (χ1) is 2.41. The van der Waals surface area contributed by atoms with Crippen LogP contribution in [0, 0.1) is 0 Å². The molecular weight excluding hydrogens is 284 g/mol. The van der Waals surface area contributed by atoms with Crippen LogP contribution in [0.3, 0.4) is 0 Å². The second kappa shape index (κ2) is 5.13. The van der Waals surface area contributed by atoms with Crippen LogP contribution in [0.2, 0.25) is 0 Å². The van der Waals surface area contributed by atoms with Crippen molar-refractivity contribution in [1.29, 1.82) is 0 Å². The molecule has 0 unspecified atom stereocenters. The zero-order chi connectivity index (χ0) is 4.12. The van der Waals surface area contributed by atoms with E-state index in [4.69, 9.17) is 11.3 Å². The Morgan fingerprint density at radius 2 is 2.60 bits per heavy atom. The van der Waals surface area contributed by atoms with E-state index in [0.29, 0.717) is 0 Å². The molecule has 0 N–H and O–H groups in total. The maximum atomic E-state index is 5.26. The normalized spacial score (nSPS) is 8.40. The van der Waals surface area contributed by atoms with Gasteiger partial charge in [0.25, 0.3) is 0 Å². The molecule has 0 saturated heterocycles. The van der Waals surface area contributed by atoms with Crippen molar-refractivity contribution in [3.05, 3.63) is 0 Å². The Morgan fingerprint density at radius 3 is 2.60 bits per heavy atom. The topological polar surface area (TPSA) is 9.23 Å². The van der Waals surface area contributed by atoms with E-state index in [-0.39, 0.29) is 0 Å². The molecule has 31 valence electrons. The van der Waals surface area contributed by atoms with Gasteiger partial charge < -0.3 is 0 Å². The Hall–Kier alpha value is 1.13. The van der Waals surface area contributed by atoms with Crippen molar-refractivity contribution >= 4 is 31.0 Å². The van der Waals surface area contributed by atoms with Crippen LogP contribution in [0.4, 0.5) is 0 Å². The molecule has 0 saturated carbocycles. The van der Waals surface area contributed by atoms with Crippen molar-refractivity contribution < 1.29 is 2.81 Å². The van der Waals surface area contributed by atoms with Crippen LogP contribution >= 0.6 is 8.51 Å². The summed E-state index contributed by atoms with van der Waals surface area (Å²) in [7, 11) is 5.26. The van der Waals surface area contributed by atoms with Gasteiger partial charge in [0, 0.05) is 0 Å². The summed E-state index contributed by atoms with van der Waals surface area (Å²) in [4.78, 5) is 0. The molecule has 3 heteroatoms. The summed E-state index contributed by atoms with van der Waals surface area (Å²) in [5.41, 5.74) is 0. The first-order valence-corrected chi connectivity index (χ1v) is 7.05. The van der Waals surface area contributed by atoms with E-state index in [1.807, 2.05) is 6.92 Å². The predicted octanol–water partition coefficient (Wildman–Crippen LogP) is 0.796. The fraction of sp³-hybridized carbons (Fsp3) is 1.00. The Morgan fingerprint density at radius 1 is 2.00 bits per heavy atom. The van der Waals surface area contributed by atoms with Crippen LogP contribution in [-0.4, -0.2) is 29.1 Å². The second-order valence-corrected chi connectivity index (χ2v) is 3.24. The summed E-state index contributed by atoms with van der Waals surface area (Å²) in [6.07, 6.45) is 0. The number of hydrogen-bond acceptors (Lipinski definition) is 1. The molecule has 5 heavy (non-hydrogen) atoms. The molecule has 1 radical (unpaired) electrons. The summed E-state index contributed by atoms with van der Waals surface area (Å²) in [6.45, 7) is 2.74. The van der Waals surface area contributed by atoms with Crippen molar-refractivity contribution in [1.82, 2.24) is 0 Å². The third kappa shape index (κ3) is 5.13. The molecule has 0 aliphatic rings. The minimum absolute atomic E-state index is 0.792. The number of halogens is 1. The molecule has 0 fully saturated rings. The average Bonchev–Trinajstić information content (AvgIpc) is 1.41. The van der Waals surface area contributed by atoms with Crippen molar-refractivity contribution in [2.24, 2.45) is 0 Å². The molecular formula is C2H5BiClO. The average molecular weight is 289 g/mol. The van der Waals surface area contributed by atoms with E-state index >= 15 is 0 Å². The van der Waals surface area contributed by atoms with Crippen molar-refractivity contribution in [3.8, 4) is 0 Å². The molecule has 0 spiro atoms. The van der Waals surface area contributed by atoms with Gasteiger partial charge in [0.1, 0.15) is 0 Å². The molecule has 0 rings (SSSR count). The SMILES string of the molecule is CC[O][Bi][Cl]. The summed E-state index contributed by atoms with van der Waals surface area (Å²) in [5, 5.41) is 0. The quantitative estimate of drug-likeness (QED) is 0.683. The van der Waals surface area contributed by atoms with E-state index in [1.165, 1.54) is 0 Å². The van der Waals surface area contributed by atoms with Gasteiger partial charge in [-0.2, -0.15) is 0 Å². The van der Waals surface area contributed by atoms with Crippen LogP contribution < -0.4 is 0 Å². The molecule has 0 aliphatic heterocycles. The van der Waals surface area contributed by atoms with Crippen LogP contribution in [0.15, 0.2) is 0 Å². The summed E-state index contributed by atoms with van der Waals surface area (Å²) >= 11 is -0.893. The monoisotopic (exact) mass is 289 g/mol. The van der Waals surface area contributed by atoms with Crippen molar-refractivity contribution in [2.75, 3.05) is 6.61 Å². The van der Waals surface area contributed by atoms with E-state index < -0.39 is 22.5 Å². The van der Waals surface area contributed by atoms with Crippen LogP contribution in [0.5, 0.6) is 0 Å². The fourth-order valence-corrected chi connectivity index (χ4v) is 1.28. The molecule has 0 aromatic heterocycles. The van der Waals surface area contributed by atoms with E-state index in [2.05, 4.69) is 0 Å². The molecule has 0 aromatic rings. The van der Waals surface area contributed by atoms with Gasteiger partial charge in [0.2, 0.25) is 0 Å². The third-order valence-corrected chi connectivity index (χ3v) is 2.42. The summed E-state index contributed by atoms with van der Waals surface area (Å²) in [5.74, 6) is 0. The van der Waals surface area contributed by atoms with Crippen LogP contribution in [0.25, 0.3) is 0 Å². The van der Waals surface area contributed by atoms with Gasteiger partial charge >= 0.3 is 47.3 Å². The fourth-order valence-electron chi connectivity index (χ4n) is 0.0488. The zero-order valence-electron chi connectivity index (χ0n) is 2.94. The van der Waals surface area contributed by atoms with Crippen molar-refractivity contribution in [2.45, 2.75) is 6.92 Å². The minimum atomic E-state index is -0.893. The van der Waals surface area contributed by atoms with Gasteiger partial charge in [-0.25, -0.2) is 0 Å². The number of hydrogen-bond donors (Lipinski definition) is 0. The first kappa shape index (κ1) is 6.13. The Labute approximate surface area is 47.4 Å². The molecule has 0 aliphatic carbocycles. The molecule has 1 nitrogen and oxygen atoms in total. The van der Waals surface area contributed by atoms with Gasteiger partial charge in [-0.3, -0.25) is 0 Å². The Kier molecular flexibility index (Phi) is 6.30. The number of rotatable bonds is 2. The van der Waals surface area contributed by atoms with E-state index in [0.717, 1.165) is 6.61 Å². The first-order valence-electron chi connectivity index (χ1n) is 1.35.